The predicted octanol–water partition coefficient (Wildman–Crippen LogP) is 0.215. The van der Waals surface area contributed by atoms with E-state index in [0.29, 0.717) is 12.4 Å². The van der Waals surface area contributed by atoms with Crippen molar-refractivity contribution in [3.8, 4) is 5.88 Å². The molecule has 0 fully saturated rings. The average molecular weight is 170 g/mol. The standard InChI is InChI=1S/C7H10N2O3/c1-11-7-4-6(12-9-7)5(10)2-3-8/h4H,2-3,8H2,1H3. The zero-order valence-corrected chi connectivity index (χ0v) is 6.74. The SMILES string of the molecule is COc1cc(C(=O)CCN)on1. The Morgan fingerprint density at radius 3 is 3.08 bits per heavy atom. The van der Waals surface area contributed by atoms with Crippen LogP contribution in [0, 0.1) is 0 Å². The van der Waals surface area contributed by atoms with Crippen molar-refractivity contribution in [2.24, 2.45) is 5.73 Å². The molecular formula is C7H10N2O3. The average Bonchev–Trinajstić information content (AvgIpc) is 2.52. The van der Waals surface area contributed by atoms with Crippen LogP contribution in [0.2, 0.25) is 0 Å². The summed E-state index contributed by atoms with van der Waals surface area (Å²) in [5.41, 5.74) is 5.19. The van der Waals surface area contributed by atoms with E-state index in [0.717, 1.165) is 0 Å². The van der Waals surface area contributed by atoms with Gasteiger partial charge in [-0.25, -0.2) is 0 Å². The van der Waals surface area contributed by atoms with E-state index in [1.165, 1.54) is 13.2 Å². The molecule has 12 heavy (non-hydrogen) atoms. The minimum atomic E-state index is -0.159. The fourth-order valence-electron chi connectivity index (χ4n) is 0.741. The van der Waals surface area contributed by atoms with Crippen molar-refractivity contribution in [2.75, 3.05) is 13.7 Å². The lowest BCUT2D eigenvalue weighted by Crippen LogP contribution is -2.07. The van der Waals surface area contributed by atoms with E-state index in [4.69, 9.17) is 10.5 Å². The smallest absolute Gasteiger partial charge is 0.254 e. The highest BCUT2D eigenvalue weighted by atomic mass is 16.5. The van der Waals surface area contributed by atoms with Gasteiger partial charge in [-0.3, -0.25) is 4.79 Å². The fraction of sp³-hybridized carbons (Fsp3) is 0.429. The van der Waals surface area contributed by atoms with Gasteiger partial charge in [-0.2, -0.15) is 0 Å². The minimum Gasteiger partial charge on any atom is -0.479 e. The Bertz CT molecular complexity index is 269. The van der Waals surface area contributed by atoms with Gasteiger partial charge in [-0.1, -0.05) is 0 Å². The molecule has 2 N–H and O–H groups in total. The first-order chi connectivity index (χ1) is 5.77. The lowest BCUT2D eigenvalue weighted by molar-refractivity contribution is 0.0949. The second-order valence-corrected chi connectivity index (χ2v) is 2.20. The van der Waals surface area contributed by atoms with Crippen LogP contribution in [0.1, 0.15) is 17.0 Å². The Balaban J connectivity index is 2.68. The van der Waals surface area contributed by atoms with E-state index < -0.39 is 0 Å². The number of hydrogen-bond donors (Lipinski definition) is 1. The molecule has 5 heteroatoms. The van der Waals surface area contributed by atoms with Crippen LogP contribution in [0.15, 0.2) is 10.6 Å². The van der Waals surface area contributed by atoms with Crippen molar-refractivity contribution in [1.82, 2.24) is 5.16 Å². The summed E-state index contributed by atoms with van der Waals surface area (Å²) >= 11 is 0. The number of hydrogen-bond acceptors (Lipinski definition) is 5. The number of methoxy groups -OCH3 is 1. The van der Waals surface area contributed by atoms with Crippen LogP contribution in [0.4, 0.5) is 0 Å². The maximum Gasteiger partial charge on any atom is 0.254 e. The Kier molecular flexibility index (Phi) is 2.82. The Morgan fingerprint density at radius 2 is 2.58 bits per heavy atom. The predicted molar refractivity (Wildman–Crippen MR) is 41.1 cm³/mol. The van der Waals surface area contributed by atoms with Crippen LogP contribution in [-0.2, 0) is 0 Å². The molecule has 5 nitrogen and oxygen atoms in total. The molecule has 0 saturated heterocycles. The largest absolute Gasteiger partial charge is 0.479 e. The summed E-state index contributed by atoms with van der Waals surface area (Å²) in [6.45, 7) is 0.307. The second kappa shape index (κ2) is 3.87. The zero-order chi connectivity index (χ0) is 8.97. The highest BCUT2D eigenvalue weighted by molar-refractivity contribution is 5.93. The van der Waals surface area contributed by atoms with Gasteiger partial charge in [0.25, 0.3) is 5.88 Å². The van der Waals surface area contributed by atoms with Gasteiger partial charge in [0.15, 0.2) is 0 Å². The van der Waals surface area contributed by atoms with Gasteiger partial charge in [0.05, 0.1) is 13.2 Å². The molecule has 0 atom stereocenters. The monoisotopic (exact) mass is 170 g/mol. The molecular weight excluding hydrogens is 160 g/mol. The fourth-order valence-corrected chi connectivity index (χ4v) is 0.741. The zero-order valence-electron chi connectivity index (χ0n) is 6.74. The topological polar surface area (TPSA) is 78.4 Å². The molecule has 0 bridgehead atoms. The molecule has 1 rings (SSSR count). The molecule has 0 aliphatic rings. The maximum absolute atomic E-state index is 11.1. The molecule has 1 aromatic rings. The van der Waals surface area contributed by atoms with Crippen LogP contribution >= 0.6 is 0 Å². The summed E-state index contributed by atoms with van der Waals surface area (Å²) in [5, 5.41) is 3.48. The molecule has 0 saturated carbocycles. The first kappa shape index (κ1) is 8.73. The molecule has 66 valence electrons. The summed E-state index contributed by atoms with van der Waals surface area (Å²) in [7, 11) is 1.45. The highest BCUT2D eigenvalue weighted by Crippen LogP contribution is 2.11. The lowest BCUT2D eigenvalue weighted by atomic mass is 10.2. The summed E-state index contributed by atoms with van der Waals surface area (Å²) in [6, 6.07) is 1.44. The van der Waals surface area contributed by atoms with E-state index in [1.807, 2.05) is 0 Å². The van der Waals surface area contributed by atoms with Crippen LogP contribution in [-0.4, -0.2) is 24.6 Å². The molecule has 1 aromatic heterocycles. The third-order valence-electron chi connectivity index (χ3n) is 1.34. The molecule has 0 aliphatic carbocycles. The van der Waals surface area contributed by atoms with Crippen LogP contribution in [0.25, 0.3) is 0 Å². The third-order valence-corrected chi connectivity index (χ3v) is 1.34. The van der Waals surface area contributed by atoms with Crippen molar-refractivity contribution < 1.29 is 14.1 Å². The number of nitrogens with two attached hydrogens (primary N) is 1. The summed E-state index contributed by atoms with van der Waals surface area (Å²) in [4.78, 5) is 11.1. The molecule has 1 heterocycles. The van der Waals surface area contributed by atoms with Crippen molar-refractivity contribution in [3.63, 3.8) is 0 Å². The van der Waals surface area contributed by atoms with Crippen molar-refractivity contribution in [3.05, 3.63) is 11.8 Å². The minimum absolute atomic E-state index is 0.159. The highest BCUT2D eigenvalue weighted by Gasteiger charge is 2.11. The van der Waals surface area contributed by atoms with Gasteiger partial charge in [0, 0.05) is 6.42 Å². The number of aromatic nitrogens is 1. The summed E-state index contributed by atoms with van der Waals surface area (Å²) < 4.78 is 9.42. The van der Waals surface area contributed by atoms with E-state index in [-0.39, 0.29) is 18.0 Å². The quantitative estimate of drug-likeness (QED) is 0.653. The van der Waals surface area contributed by atoms with Crippen LogP contribution in [0.3, 0.4) is 0 Å². The molecule has 0 aromatic carbocycles. The maximum atomic E-state index is 11.1. The van der Waals surface area contributed by atoms with Crippen LogP contribution in [0.5, 0.6) is 5.88 Å². The number of rotatable bonds is 4. The van der Waals surface area contributed by atoms with E-state index in [9.17, 15) is 4.79 Å². The van der Waals surface area contributed by atoms with E-state index in [1.54, 1.807) is 0 Å². The van der Waals surface area contributed by atoms with Crippen molar-refractivity contribution >= 4 is 5.78 Å². The number of carbonyl (C=O) groups is 1. The van der Waals surface area contributed by atoms with Crippen LogP contribution < -0.4 is 10.5 Å². The number of Topliss-reactive ketones (excluding diaryl/α,β-unsaturated/α-hetero) is 1. The van der Waals surface area contributed by atoms with E-state index >= 15 is 0 Å². The molecule has 0 spiro atoms. The molecule has 0 radical (unpaired) electrons. The summed E-state index contributed by atoms with van der Waals surface area (Å²) in [6.07, 6.45) is 0.262. The van der Waals surface area contributed by atoms with Crippen molar-refractivity contribution in [1.29, 1.82) is 0 Å². The molecule has 0 amide bonds. The first-order valence-electron chi connectivity index (χ1n) is 3.52. The summed E-state index contributed by atoms with van der Waals surface area (Å²) in [5.74, 6) is 0.334. The van der Waals surface area contributed by atoms with Gasteiger partial charge in [-0.15, -0.1) is 0 Å². The molecule has 0 unspecified atom stereocenters. The Labute approximate surface area is 69.5 Å². The third kappa shape index (κ3) is 1.82. The van der Waals surface area contributed by atoms with Gasteiger partial charge < -0.3 is 15.0 Å². The second-order valence-electron chi connectivity index (χ2n) is 2.20. The van der Waals surface area contributed by atoms with Gasteiger partial charge in [-0.05, 0) is 11.7 Å². The number of ketones is 1. The normalized spacial score (nSPS) is 9.83. The van der Waals surface area contributed by atoms with Gasteiger partial charge in [0.1, 0.15) is 0 Å². The Morgan fingerprint density at radius 1 is 1.83 bits per heavy atom. The van der Waals surface area contributed by atoms with Gasteiger partial charge >= 0.3 is 0 Å². The number of carbonyl (C=O) groups excluding carboxylic acids is 1. The number of nitrogens with zero attached hydrogens (tertiary/aromatic N) is 1. The Hall–Kier alpha value is -1.36. The van der Waals surface area contributed by atoms with Gasteiger partial charge in [0.2, 0.25) is 11.5 Å². The van der Waals surface area contributed by atoms with Crippen molar-refractivity contribution in [2.45, 2.75) is 6.42 Å². The number of ether oxygens (including phenoxy) is 1. The lowest BCUT2D eigenvalue weighted by Gasteiger charge is -1.89. The molecule has 0 aliphatic heterocycles. The first-order valence-corrected chi connectivity index (χ1v) is 3.52. The van der Waals surface area contributed by atoms with E-state index in [2.05, 4.69) is 9.68 Å².